The van der Waals surface area contributed by atoms with Crippen LogP contribution in [0.3, 0.4) is 0 Å². The van der Waals surface area contributed by atoms with Crippen molar-refractivity contribution in [3.05, 3.63) is 12.4 Å². The quantitative estimate of drug-likeness (QED) is 0.891. The van der Waals surface area contributed by atoms with Crippen LogP contribution in [0.15, 0.2) is 12.4 Å². The minimum absolute atomic E-state index is 0.454. The zero-order valence-corrected chi connectivity index (χ0v) is 11.8. The molecule has 1 fully saturated rings. The molecule has 2 aromatic heterocycles. The topological polar surface area (TPSA) is 85.2 Å². The Kier molecular flexibility index (Phi) is 3.77. The highest BCUT2D eigenvalue weighted by Gasteiger charge is 2.30. The van der Waals surface area contributed by atoms with Crippen molar-refractivity contribution in [1.82, 2.24) is 25.0 Å². The van der Waals surface area contributed by atoms with Crippen molar-refractivity contribution in [2.45, 2.75) is 38.6 Å². The van der Waals surface area contributed by atoms with Crippen molar-refractivity contribution < 1.29 is 0 Å². The monoisotopic (exact) mass is 275 g/mol. The van der Waals surface area contributed by atoms with Crippen LogP contribution in [0.5, 0.6) is 0 Å². The van der Waals surface area contributed by atoms with Gasteiger partial charge in [0.2, 0.25) is 0 Å². The van der Waals surface area contributed by atoms with E-state index in [4.69, 9.17) is 5.73 Å². The summed E-state index contributed by atoms with van der Waals surface area (Å²) in [6.07, 6.45) is 8.44. The molecule has 7 nitrogen and oxygen atoms in total. The van der Waals surface area contributed by atoms with Gasteiger partial charge in [0.1, 0.15) is 0 Å². The van der Waals surface area contributed by atoms with Crippen molar-refractivity contribution in [2.24, 2.45) is 11.7 Å². The van der Waals surface area contributed by atoms with E-state index in [0.717, 1.165) is 18.9 Å². The maximum absolute atomic E-state index is 5.97. The molecule has 0 amide bonds. The number of anilines is 1. The van der Waals surface area contributed by atoms with Crippen molar-refractivity contribution in [1.29, 1.82) is 0 Å². The van der Waals surface area contributed by atoms with Crippen LogP contribution in [-0.2, 0) is 0 Å². The summed E-state index contributed by atoms with van der Waals surface area (Å²) < 4.78 is 1.76. The van der Waals surface area contributed by atoms with E-state index in [0.29, 0.717) is 17.6 Å². The first-order valence-corrected chi connectivity index (χ1v) is 7.34. The SMILES string of the molecule is CCN(c1cncc2nnnn12)C1CCCCC1CN. The number of rotatable bonds is 4. The highest BCUT2D eigenvalue weighted by Crippen LogP contribution is 2.30. The lowest BCUT2D eigenvalue weighted by Crippen LogP contribution is -2.46. The Morgan fingerprint density at radius 2 is 2.20 bits per heavy atom. The molecule has 108 valence electrons. The first-order valence-electron chi connectivity index (χ1n) is 7.34. The summed E-state index contributed by atoms with van der Waals surface area (Å²) in [5.74, 6) is 1.50. The lowest BCUT2D eigenvalue weighted by molar-refractivity contribution is 0.298. The Morgan fingerprint density at radius 3 is 3.00 bits per heavy atom. The van der Waals surface area contributed by atoms with Crippen molar-refractivity contribution >= 4 is 11.5 Å². The largest absolute Gasteiger partial charge is 0.352 e. The highest BCUT2D eigenvalue weighted by atomic mass is 15.5. The zero-order valence-electron chi connectivity index (χ0n) is 11.8. The third kappa shape index (κ3) is 2.22. The first kappa shape index (κ1) is 13.2. The Balaban J connectivity index is 1.98. The standard InChI is InChI=1S/C13H21N7/c1-2-19(11-6-4-3-5-10(11)7-14)13-9-15-8-12-16-17-18-20(12)13/h8-11H,2-7,14H2,1H3. The molecule has 1 saturated carbocycles. The van der Waals surface area contributed by atoms with Crippen LogP contribution in [0, 0.1) is 5.92 Å². The number of hydrogen-bond acceptors (Lipinski definition) is 6. The third-order valence-corrected chi connectivity index (χ3v) is 4.30. The molecule has 3 rings (SSSR count). The maximum Gasteiger partial charge on any atom is 0.199 e. The van der Waals surface area contributed by atoms with Crippen molar-refractivity contribution in [3.63, 3.8) is 0 Å². The fraction of sp³-hybridized carbons (Fsp3) is 0.692. The van der Waals surface area contributed by atoms with E-state index in [2.05, 4.69) is 32.3 Å². The predicted octanol–water partition coefficient (Wildman–Crippen LogP) is 0.863. The van der Waals surface area contributed by atoms with E-state index in [-0.39, 0.29) is 0 Å². The van der Waals surface area contributed by atoms with E-state index in [1.165, 1.54) is 25.7 Å². The van der Waals surface area contributed by atoms with Gasteiger partial charge in [0.05, 0.1) is 12.4 Å². The van der Waals surface area contributed by atoms with E-state index in [9.17, 15) is 0 Å². The minimum Gasteiger partial charge on any atom is -0.352 e. The molecule has 0 radical (unpaired) electrons. The Labute approximate surface area is 118 Å². The van der Waals surface area contributed by atoms with Crippen molar-refractivity contribution in [3.8, 4) is 0 Å². The van der Waals surface area contributed by atoms with Crippen LogP contribution in [0.2, 0.25) is 0 Å². The fourth-order valence-corrected chi connectivity index (χ4v) is 3.30. The van der Waals surface area contributed by atoms with Crippen LogP contribution < -0.4 is 10.6 Å². The second kappa shape index (κ2) is 5.70. The van der Waals surface area contributed by atoms with Crippen LogP contribution in [0.1, 0.15) is 32.6 Å². The summed E-state index contributed by atoms with van der Waals surface area (Å²) in [4.78, 5) is 6.62. The number of aromatic nitrogens is 5. The fourth-order valence-electron chi connectivity index (χ4n) is 3.30. The van der Waals surface area contributed by atoms with Gasteiger partial charge in [-0.1, -0.05) is 12.8 Å². The molecule has 1 aliphatic rings. The van der Waals surface area contributed by atoms with Gasteiger partial charge in [0, 0.05) is 12.6 Å². The molecule has 2 atom stereocenters. The van der Waals surface area contributed by atoms with Gasteiger partial charge in [0.25, 0.3) is 0 Å². The molecule has 7 heteroatoms. The van der Waals surface area contributed by atoms with E-state index >= 15 is 0 Å². The molecule has 2 aromatic rings. The number of hydrogen-bond donors (Lipinski definition) is 1. The number of tetrazole rings is 1. The summed E-state index contributed by atoms with van der Waals surface area (Å²) in [6.45, 7) is 3.80. The van der Waals surface area contributed by atoms with Crippen molar-refractivity contribution in [2.75, 3.05) is 18.0 Å². The third-order valence-electron chi connectivity index (χ3n) is 4.30. The first-order chi connectivity index (χ1) is 9.85. The van der Waals surface area contributed by atoms with Crippen LogP contribution >= 0.6 is 0 Å². The normalized spacial score (nSPS) is 23.1. The molecular formula is C13H21N7. The highest BCUT2D eigenvalue weighted by molar-refractivity contribution is 5.46. The second-order valence-electron chi connectivity index (χ2n) is 5.35. The minimum atomic E-state index is 0.454. The van der Waals surface area contributed by atoms with Gasteiger partial charge in [-0.25, -0.2) is 0 Å². The Hall–Kier alpha value is -1.76. The zero-order chi connectivity index (χ0) is 13.9. The Morgan fingerprint density at radius 1 is 1.35 bits per heavy atom. The summed E-state index contributed by atoms with van der Waals surface area (Å²) in [5.41, 5.74) is 6.65. The summed E-state index contributed by atoms with van der Waals surface area (Å²) in [6, 6.07) is 0.454. The van der Waals surface area contributed by atoms with Gasteiger partial charge in [0.15, 0.2) is 11.5 Å². The maximum atomic E-state index is 5.97. The smallest absolute Gasteiger partial charge is 0.199 e. The van der Waals surface area contributed by atoms with E-state index in [1.807, 2.05) is 6.20 Å². The van der Waals surface area contributed by atoms with E-state index < -0.39 is 0 Å². The van der Waals surface area contributed by atoms with Crippen LogP contribution in [0.4, 0.5) is 5.82 Å². The molecule has 1 aliphatic carbocycles. The van der Waals surface area contributed by atoms with Gasteiger partial charge in [-0.05, 0) is 42.7 Å². The van der Waals surface area contributed by atoms with Gasteiger partial charge < -0.3 is 10.6 Å². The van der Waals surface area contributed by atoms with Gasteiger partial charge in [-0.15, -0.1) is 5.10 Å². The average Bonchev–Trinajstić information content (AvgIpc) is 2.98. The van der Waals surface area contributed by atoms with Crippen LogP contribution in [-0.4, -0.2) is 44.2 Å². The summed E-state index contributed by atoms with van der Waals surface area (Å²) in [7, 11) is 0. The van der Waals surface area contributed by atoms with Crippen LogP contribution in [0.25, 0.3) is 5.65 Å². The lowest BCUT2D eigenvalue weighted by Gasteiger charge is -2.40. The molecule has 0 aromatic carbocycles. The molecule has 0 spiro atoms. The van der Waals surface area contributed by atoms with Gasteiger partial charge >= 0.3 is 0 Å². The molecule has 20 heavy (non-hydrogen) atoms. The predicted molar refractivity (Wildman–Crippen MR) is 76.4 cm³/mol. The van der Waals surface area contributed by atoms with E-state index in [1.54, 1.807) is 10.7 Å². The average molecular weight is 275 g/mol. The number of fused-ring (bicyclic) bond motifs is 1. The molecule has 2 N–H and O–H groups in total. The molecule has 2 heterocycles. The molecule has 2 unspecified atom stereocenters. The number of nitrogens with two attached hydrogens (primary N) is 1. The van der Waals surface area contributed by atoms with Gasteiger partial charge in [-0.2, -0.15) is 4.52 Å². The summed E-state index contributed by atoms with van der Waals surface area (Å²) >= 11 is 0. The molecular weight excluding hydrogens is 254 g/mol. The summed E-state index contributed by atoms with van der Waals surface area (Å²) in [5, 5.41) is 11.8. The number of nitrogens with zero attached hydrogens (tertiary/aromatic N) is 6. The van der Waals surface area contributed by atoms with Gasteiger partial charge in [-0.3, -0.25) is 4.98 Å². The lowest BCUT2D eigenvalue weighted by atomic mass is 9.83. The second-order valence-corrected chi connectivity index (χ2v) is 5.35. The molecule has 0 saturated heterocycles. The Bertz CT molecular complexity index is 567. The molecule has 0 bridgehead atoms. The molecule has 0 aliphatic heterocycles.